The van der Waals surface area contributed by atoms with Crippen LogP contribution in [-0.2, 0) is 4.74 Å². The second-order valence-electron chi connectivity index (χ2n) is 4.61. The third-order valence-electron chi connectivity index (χ3n) is 3.32. The Kier molecular flexibility index (Phi) is 4.18. The van der Waals surface area contributed by atoms with Crippen molar-refractivity contribution in [3.63, 3.8) is 0 Å². The van der Waals surface area contributed by atoms with Crippen LogP contribution in [0.15, 0.2) is 11.1 Å². The van der Waals surface area contributed by atoms with Crippen LogP contribution in [0, 0.1) is 0 Å². The molecule has 2 rings (SSSR count). The Morgan fingerprint density at radius 3 is 2.93 bits per heavy atom. The van der Waals surface area contributed by atoms with Gasteiger partial charge in [0.15, 0.2) is 0 Å². The average molecular weight is 210 g/mol. The maximum absolute atomic E-state index is 5.67. The molecule has 0 spiro atoms. The molecule has 0 bridgehead atoms. The van der Waals surface area contributed by atoms with Gasteiger partial charge in [0.25, 0.3) is 0 Å². The van der Waals surface area contributed by atoms with Crippen LogP contribution in [0.25, 0.3) is 0 Å². The molecule has 2 heterocycles. The molecular weight excluding hydrogens is 188 g/mol. The summed E-state index contributed by atoms with van der Waals surface area (Å²) in [6, 6.07) is 0. The minimum Gasteiger partial charge on any atom is -0.377 e. The van der Waals surface area contributed by atoms with Gasteiger partial charge in [-0.25, -0.2) is 0 Å². The van der Waals surface area contributed by atoms with Gasteiger partial charge in [-0.15, -0.1) is 0 Å². The van der Waals surface area contributed by atoms with Crippen LogP contribution in [0.1, 0.15) is 26.2 Å². The molecule has 2 N–H and O–H groups in total. The van der Waals surface area contributed by atoms with E-state index >= 15 is 0 Å². The van der Waals surface area contributed by atoms with Crippen molar-refractivity contribution in [2.45, 2.75) is 32.3 Å². The molecule has 0 aromatic carbocycles. The highest BCUT2D eigenvalue weighted by molar-refractivity contribution is 5.22. The molecule has 0 amide bonds. The van der Waals surface area contributed by atoms with Crippen LogP contribution in [0.2, 0.25) is 0 Å². The molecule has 86 valence electrons. The number of hydrogen-bond donors (Lipinski definition) is 2. The minimum absolute atomic E-state index is 0.455. The average Bonchev–Trinajstić information content (AvgIpc) is 2.16. The fraction of sp³-hybridized carbons (Fsp3) is 0.833. The lowest BCUT2D eigenvalue weighted by Gasteiger charge is -2.25. The van der Waals surface area contributed by atoms with Gasteiger partial charge in [0.1, 0.15) is 0 Å². The minimum atomic E-state index is 0.455. The summed E-state index contributed by atoms with van der Waals surface area (Å²) in [5, 5.41) is 6.76. The van der Waals surface area contributed by atoms with E-state index in [9.17, 15) is 0 Å². The molecule has 2 saturated heterocycles. The molecule has 3 nitrogen and oxygen atoms in total. The standard InChI is InChI=1S/C12H22N2O/c1-10(11-7-14-8-11)6-13-9-12-4-2-3-5-15-12/h12-14H,2-9H2,1H3. The van der Waals surface area contributed by atoms with Crippen molar-refractivity contribution in [2.24, 2.45) is 0 Å². The highest BCUT2D eigenvalue weighted by Crippen LogP contribution is 2.12. The van der Waals surface area contributed by atoms with E-state index in [1.165, 1.54) is 24.8 Å². The lowest BCUT2D eigenvalue weighted by atomic mass is 10.0. The lowest BCUT2D eigenvalue weighted by Crippen LogP contribution is -2.37. The zero-order chi connectivity index (χ0) is 10.5. The molecule has 0 aromatic rings. The monoisotopic (exact) mass is 210 g/mol. The Morgan fingerprint density at radius 1 is 1.47 bits per heavy atom. The normalized spacial score (nSPS) is 26.2. The largest absolute Gasteiger partial charge is 0.377 e. The van der Waals surface area contributed by atoms with E-state index in [2.05, 4.69) is 17.6 Å². The van der Waals surface area contributed by atoms with Gasteiger partial charge in [-0.1, -0.05) is 5.57 Å². The van der Waals surface area contributed by atoms with Gasteiger partial charge < -0.3 is 15.4 Å². The maximum atomic E-state index is 5.67. The first-order chi connectivity index (χ1) is 7.36. The molecule has 2 aliphatic rings. The molecule has 0 radical (unpaired) electrons. The summed E-state index contributed by atoms with van der Waals surface area (Å²) < 4.78 is 5.67. The predicted molar refractivity (Wildman–Crippen MR) is 62.0 cm³/mol. The fourth-order valence-corrected chi connectivity index (χ4v) is 2.07. The first kappa shape index (κ1) is 11.1. The summed E-state index contributed by atoms with van der Waals surface area (Å²) in [5.41, 5.74) is 3.08. The first-order valence-electron chi connectivity index (χ1n) is 6.07. The molecule has 0 aromatic heterocycles. The van der Waals surface area contributed by atoms with Crippen molar-refractivity contribution in [2.75, 3.05) is 32.8 Å². The Bertz CT molecular complexity index is 226. The molecule has 3 heteroatoms. The molecule has 1 unspecified atom stereocenters. The fourth-order valence-electron chi connectivity index (χ4n) is 2.07. The van der Waals surface area contributed by atoms with Crippen molar-refractivity contribution < 1.29 is 4.74 Å². The number of nitrogens with one attached hydrogen (secondary N) is 2. The van der Waals surface area contributed by atoms with Crippen LogP contribution in [0.4, 0.5) is 0 Å². The third-order valence-corrected chi connectivity index (χ3v) is 3.32. The van der Waals surface area contributed by atoms with E-state index in [-0.39, 0.29) is 0 Å². The Morgan fingerprint density at radius 2 is 2.33 bits per heavy atom. The van der Waals surface area contributed by atoms with Crippen molar-refractivity contribution in [1.29, 1.82) is 0 Å². The Balaban J connectivity index is 1.61. The first-order valence-corrected chi connectivity index (χ1v) is 6.07. The van der Waals surface area contributed by atoms with Crippen LogP contribution < -0.4 is 10.6 Å². The summed E-state index contributed by atoms with van der Waals surface area (Å²) in [7, 11) is 0. The molecule has 0 aliphatic carbocycles. The number of ether oxygens (including phenoxy) is 1. The Hall–Kier alpha value is -0.380. The van der Waals surface area contributed by atoms with Crippen molar-refractivity contribution in [3.8, 4) is 0 Å². The maximum Gasteiger partial charge on any atom is 0.0699 e. The van der Waals surface area contributed by atoms with Crippen LogP contribution in [-0.4, -0.2) is 38.9 Å². The summed E-state index contributed by atoms with van der Waals surface area (Å²) in [5.74, 6) is 0. The van der Waals surface area contributed by atoms with Gasteiger partial charge in [-0.3, -0.25) is 0 Å². The van der Waals surface area contributed by atoms with E-state index in [0.717, 1.165) is 32.8 Å². The topological polar surface area (TPSA) is 33.3 Å². The van der Waals surface area contributed by atoms with Gasteiger partial charge in [-0.05, 0) is 31.8 Å². The molecule has 2 aliphatic heterocycles. The van der Waals surface area contributed by atoms with E-state index < -0.39 is 0 Å². The summed E-state index contributed by atoms with van der Waals surface area (Å²) in [6.45, 7) is 7.40. The Labute approximate surface area is 92.3 Å². The van der Waals surface area contributed by atoms with E-state index in [1.807, 2.05) is 0 Å². The van der Waals surface area contributed by atoms with Gasteiger partial charge >= 0.3 is 0 Å². The highest BCUT2D eigenvalue weighted by Gasteiger charge is 2.14. The van der Waals surface area contributed by atoms with Crippen LogP contribution >= 0.6 is 0 Å². The lowest BCUT2D eigenvalue weighted by molar-refractivity contribution is 0.0174. The van der Waals surface area contributed by atoms with Gasteiger partial charge in [0, 0.05) is 32.8 Å². The predicted octanol–water partition coefficient (Wildman–Crippen LogP) is 1.06. The smallest absolute Gasteiger partial charge is 0.0699 e. The van der Waals surface area contributed by atoms with Gasteiger partial charge in [-0.2, -0.15) is 0 Å². The van der Waals surface area contributed by atoms with Crippen LogP contribution in [0.5, 0.6) is 0 Å². The highest BCUT2D eigenvalue weighted by atomic mass is 16.5. The molecule has 15 heavy (non-hydrogen) atoms. The zero-order valence-electron chi connectivity index (χ0n) is 9.64. The molecular formula is C12H22N2O. The van der Waals surface area contributed by atoms with E-state index in [0.29, 0.717) is 6.10 Å². The van der Waals surface area contributed by atoms with Crippen molar-refractivity contribution in [3.05, 3.63) is 11.1 Å². The third kappa shape index (κ3) is 3.30. The second kappa shape index (κ2) is 5.64. The summed E-state index contributed by atoms with van der Waals surface area (Å²) in [6.07, 6.45) is 4.25. The summed E-state index contributed by atoms with van der Waals surface area (Å²) >= 11 is 0. The molecule has 0 saturated carbocycles. The van der Waals surface area contributed by atoms with Crippen molar-refractivity contribution >= 4 is 0 Å². The SMILES string of the molecule is CC(CNCC1CCCCO1)=C1CNC1. The molecule has 2 fully saturated rings. The van der Waals surface area contributed by atoms with E-state index in [1.54, 1.807) is 5.57 Å². The van der Waals surface area contributed by atoms with Gasteiger partial charge in [0.2, 0.25) is 0 Å². The van der Waals surface area contributed by atoms with Crippen molar-refractivity contribution in [1.82, 2.24) is 10.6 Å². The second-order valence-corrected chi connectivity index (χ2v) is 4.61. The van der Waals surface area contributed by atoms with E-state index in [4.69, 9.17) is 4.74 Å². The van der Waals surface area contributed by atoms with Crippen LogP contribution in [0.3, 0.4) is 0 Å². The number of rotatable bonds is 4. The quantitative estimate of drug-likeness (QED) is 0.681. The zero-order valence-corrected chi connectivity index (χ0v) is 9.64. The number of hydrogen-bond acceptors (Lipinski definition) is 3. The summed E-state index contributed by atoms with van der Waals surface area (Å²) in [4.78, 5) is 0. The molecule has 1 atom stereocenters. The van der Waals surface area contributed by atoms with Gasteiger partial charge in [0.05, 0.1) is 6.10 Å².